The molecule has 1 heterocycles. The molecule has 1 radical (unpaired) electrons. The average molecular weight is 226 g/mol. The largest absolute Gasteiger partial charge is 0.405 e. The van der Waals surface area contributed by atoms with Gasteiger partial charge >= 0.3 is 0 Å². The van der Waals surface area contributed by atoms with Crippen molar-refractivity contribution in [3.8, 4) is 0 Å². The van der Waals surface area contributed by atoms with Crippen LogP contribution in [0.1, 0.15) is 6.42 Å². The van der Waals surface area contributed by atoms with Gasteiger partial charge in [-0.05, 0) is 0 Å². The molecule has 0 aliphatic carbocycles. The van der Waals surface area contributed by atoms with Crippen molar-refractivity contribution in [2.75, 3.05) is 0 Å². The van der Waals surface area contributed by atoms with E-state index < -0.39 is 11.9 Å². The van der Waals surface area contributed by atoms with Crippen molar-refractivity contribution in [3.63, 3.8) is 0 Å². The fourth-order valence-electron chi connectivity index (χ4n) is 0.666. The molecular weight excluding hydrogens is 221 g/mol. The van der Waals surface area contributed by atoms with Crippen molar-refractivity contribution < 1.29 is 47.0 Å². The topological polar surface area (TPSA) is 43.4 Å². The Morgan fingerprint density at radius 1 is 1.55 bits per heavy atom. The summed E-state index contributed by atoms with van der Waals surface area (Å²) in [5.74, 6) is -1.09. The van der Waals surface area contributed by atoms with E-state index >= 15 is 0 Å². The minimum atomic E-state index is -0.582. The van der Waals surface area contributed by atoms with Crippen LogP contribution in [0.15, 0.2) is 18.2 Å². The first-order chi connectivity index (χ1) is 4.74. The van der Waals surface area contributed by atoms with Gasteiger partial charge in [0, 0.05) is 39.1 Å². The molecule has 1 saturated heterocycles. The van der Waals surface area contributed by atoms with Crippen LogP contribution in [0.4, 0.5) is 0 Å². The van der Waals surface area contributed by atoms with Crippen molar-refractivity contribution in [3.05, 3.63) is 24.3 Å². The molecule has 1 rings (SSSR count). The smallest absolute Gasteiger partial charge is 0.300 e. The van der Waals surface area contributed by atoms with Crippen LogP contribution in [-0.2, 0) is 47.0 Å². The summed E-state index contributed by atoms with van der Waals surface area (Å²) < 4.78 is 4.21. The monoisotopic (exact) mass is 226 g/mol. The summed E-state index contributed by atoms with van der Waals surface area (Å²) in [6.07, 6.45) is 3.79. The molecule has 0 aromatic rings. The van der Waals surface area contributed by atoms with Gasteiger partial charge in [0.2, 0.25) is 0 Å². The Morgan fingerprint density at radius 2 is 2.18 bits per heavy atom. The molecule has 3 nitrogen and oxygen atoms in total. The second-order valence-corrected chi connectivity index (χ2v) is 1.81. The van der Waals surface area contributed by atoms with E-state index in [-0.39, 0.29) is 39.1 Å². The third kappa shape index (κ3) is 2.68. The first-order valence-corrected chi connectivity index (χ1v) is 2.70. The zero-order valence-corrected chi connectivity index (χ0v) is 8.63. The summed E-state index contributed by atoms with van der Waals surface area (Å²) in [5, 5.41) is 0. The quantitative estimate of drug-likeness (QED) is 0.281. The molecule has 0 aromatic heterocycles. The fourth-order valence-corrected chi connectivity index (χ4v) is 0.666. The summed E-state index contributed by atoms with van der Waals surface area (Å²) in [4.78, 5) is 21.0. The normalized spacial score (nSPS) is 19.5. The second-order valence-electron chi connectivity index (χ2n) is 1.81. The number of cyclic esters (lactones) is 2. The number of allylic oxidation sites excluding steroid dienone is 2. The first-order valence-electron chi connectivity index (χ1n) is 2.70. The van der Waals surface area contributed by atoms with E-state index in [4.69, 9.17) is 0 Å². The SMILES string of the molecule is C=[C-]/C=C1\CC(=O)OC1=O.[Y]. The number of rotatable bonds is 1. The van der Waals surface area contributed by atoms with E-state index in [9.17, 15) is 9.59 Å². The molecule has 0 saturated carbocycles. The molecule has 0 atom stereocenters. The average Bonchev–Trinajstić information content (AvgIpc) is 2.13. The zero-order valence-electron chi connectivity index (χ0n) is 5.79. The fraction of sp³-hybridized carbons (Fsp3) is 0.143. The van der Waals surface area contributed by atoms with Crippen LogP contribution < -0.4 is 0 Å². The minimum absolute atomic E-state index is 0. The Labute approximate surface area is 89.4 Å². The number of carbonyl (C=O) groups excluding carboxylic acids is 2. The van der Waals surface area contributed by atoms with Gasteiger partial charge in [-0.1, -0.05) is 0 Å². The Bertz CT molecular complexity index is 230. The van der Waals surface area contributed by atoms with Crippen molar-refractivity contribution in [1.82, 2.24) is 0 Å². The molecular formula is C7H5O3Y-. The standard InChI is InChI=1S/C7H5O3.Y/c1-2-3-5-4-6(8)10-7(5)9;/h3H,1,4H2;/q-1;/b5-3+;. The molecule has 55 valence electrons. The van der Waals surface area contributed by atoms with Crippen molar-refractivity contribution >= 4 is 11.9 Å². The van der Waals surface area contributed by atoms with Crippen LogP contribution in [0.5, 0.6) is 0 Å². The Morgan fingerprint density at radius 3 is 2.55 bits per heavy atom. The molecule has 0 unspecified atom stereocenters. The van der Waals surface area contributed by atoms with Gasteiger partial charge in [-0.3, -0.25) is 15.7 Å². The van der Waals surface area contributed by atoms with Gasteiger partial charge < -0.3 is 4.74 Å². The summed E-state index contributed by atoms with van der Waals surface area (Å²) in [6, 6.07) is 0. The summed E-state index contributed by atoms with van der Waals surface area (Å²) >= 11 is 0. The van der Waals surface area contributed by atoms with Gasteiger partial charge in [0.15, 0.2) is 0 Å². The Balaban J connectivity index is 0.000001000. The second kappa shape index (κ2) is 4.57. The third-order valence-electron chi connectivity index (χ3n) is 1.08. The number of esters is 2. The van der Waals surface area contributed by atoms with Gasteiger partial charge in [-0.2, -0.15) is 6.58 Å². The van der Waals surface area contributed by atoms with E-state index in [1.54, 1.807) is 0 Å². The van der Waals surface area contributed by atoms with E-state index in [1.165, 1.54) is 6.08 Å². The Kier molecular flexibility index (Phi) is 4.46. The summed E-state index contributed by atoms with van der Waals surface area (Å²) in [7, 11) is 0. The van der Waals surface area contributed by atoms with E-state index in [2.05, 4.69) is 17.4 Å². The van der Waals surface area contributed by atoms with Crippen LogP contribution in [0.3, 0.4) is 0 Å². The van der Waals surface area contributed by atoms with Crippen molar-refractivity contribution in [2.24, 2.45) is 0 Å². The first kappa shape index (κ1) is 10.7. The van der Waals surface area contributed by atoms with Crippen LogP contribution in [-0.4, -0.2) is 11.9 Å². The molecule has 0 spiro atoms. The maximum Gasteiger partial charge on any atom is 0.300 e. The molecule has 0 aromatic carbocycles. The van der Waals surface area contributed by atoms with Crippen LogP contribution in [0.25, 0.3) is 0 Å². The number of carbonyl (C=O) groups is 2. The van der Waals surface area contributed by atoms with Crippen LogP contribution >= 0.6 is 0 Å². The van der Waals surface area contributed by atoms with Gasteiger partial charge in [-0.15, -0.1) is 5.57 Å². The maximum atomic E-state index is 10.6. The maximum absolute atomic E-state index is 10.6. The molecule has 0 N–H and O–H groups in total. The molecule has 0 amide bonds. The molecule has 1 fully saturated rings. The molecule has 1 aliphatic rings. The minimum Gasteiger partial charge on any atom is -0.405 e. The number of hydrogen-bond acceptors (Lipinski definition) is 3. The summed E-state index contributed by atoms with van der Waals surface area (Å²) in [5.41, 5.74) is 0.319. The molecule has 1 aliphatic heterocycles. The van der Waals surface area contributed by atoms with E-state index in [0.717, 1.165) is 0 Å². The molecule has 4 heteroatoms. The predicted octanol–water partition coefficient (Wildman–Crippen LogP) is 0.373. The van der Waals surface area contributed by atoms with Gasteiger partial charge in [0.25, 0.3) is 11.9 Å². The van der Waals surface area contributed by atoms with E-state index in [0.29, 0.717) is 5.57 Å². The summed E-state index contributed by atoms with van der Waals surface area (Å²) in [6.45, 7) is 3.26. The van der Waals surface area contributed by atoms with Gasteiger partial charge in [0.1, 0.15) is 0 Å². The van der Waals surface area contributed by atoms with Gasteiger partial charge in [-0.25, -0.2) is 6.08 Å². The van der Waals surface area contributed by atoms with Crippen LogP contribution in [0, 0.1) is 6.08 Å². The van der Waals surface area contributed by atoms with Crippen molar-refractivity contribution in [1.29, 1.82) is 0 Å². The third-order valence-corrected chi connectivity index (χ3v) is 1.08. The van der Waals surface area contributed by atoms with E-state index in [1.807, 2.05) is 0 Å². The predicted molar refractivity (Wildman–Crippen MR) is 32.7 cm³/mol. The zero-order chi connectivity index (χ0) is 7.56. The molecule has 0 bridgehead atoms. The number of hydrogen-bond donors (Lipinski definition) is 0. The van der Waals surface area contributed by atoms with Crippen LogP contribution in [0.2, 0.25) is 0 Å². The number of ether oxygens (including phenoxy) is 1. The molecule has 11 heavy (non-hydrogen) atoms. The van der Waals surface area contributed by atoms with Gasteiger partial charge in [0.05, 0.1) is 0 Å². The van der Waals surface area contributed by atoms with Crippen molar-refractivity contribution in [2.45, 2.75) is 6.42 Å². The Hall–Kier alpha value is -0.276.